The average molecular weight is 291 g/mol. The Labute approximate surface area is 124 Å². The number of carbonyl (C=O) groups excluding carboxylic acids is 1. The summed E-state index contributed by atoms with van der Waals surface area (Å²) in [4.78, 5) is 11.7. The molecule has 1 aromatic rings. The molecule has 1 amide bonds. The maximum atomic E-state index is 11.7. The zero-order valence-corrected chi connectivity index (χ0v) is 12.0. The van der Waals surface area contributed by atoms with Crippen molar-refractivity contribution in [3.05, 3.63) is 30.2 Å². The van der Waals surface area contributed by atoms with Gasteiger partial charge in [0.2, 0.25) is 5.91 Å². The van der Waals surface area contributed by atoms with Crippen molar-refractivity contribution in [2.24, 2.45) is 0 Å². The first-order chi connectivity index (χ1) is 10.3. The molecule has 0 radical (unpaired) electrons. The summed E-state index contributed by atoms with van der Waals surface area (Å²) in [5.74, 6) is 0.129. The van der Waals surface area contributed by atoms with Crippen LogP contribution in [0.4, 0.5) is 0 Å². The molecule has 5 nitrogen and oxygen atoms in total. The fourth-order valence-electron chi connectivity index (χ4n) is 2.89. The first-order valence-corrected chi connectivity index (χ1v) is 7.57. The van der Waals surface area contributed by atoms with Crippen molar-refractivity contribution in [3.63, 3.8) is 0 Å². The first kappa shape index (κ1) is 14.4. The van der Waals surface area contributed by atoms with Crippen molar-refractivity contribution in [2.75, 3.05) is 13.2 Å². The minimum absolute atomic E-state index is 0.0518. The molecule has 1 aliphatic carbocycles. The highest BCUT2D eigenvalue weighted by Crippen LogP contribution is 2.37. The van der Waals surface area contributed by atoms with Crippen LogP contribution in [0.5, 0.6) is 0 Å². The fourth-order valence-corrected chi connectivity index (χ4v) is 2.89. The first-order valence-electron chi connectivity index (χ1n) is 7.57. The molecule has 2 fully saturated rings. The molecule has 114 valence electrons. The molecule has 2 aliphatic rings. The summed E-state index contributed by atoms with van der Waals surface area (Å²) >= 11 is 0. The largest absolute Gasteiger partial charge is 0.465 e. The van der Waals surface area contributed by atoms with E-state index in [1.807, 2.05) is 0 Å². The van der Waals surface area contributed by atoms with E-state index in [1.165, 1.54) is 12.5 Å². The molecule has 21 heavy (non-hydrogen) atoms. The summed E-state index contributed by atoms with van der Waals surface area (Å²) in [6.45, 7) is 1.03. The normalized spacial score (nSPS) is 24.7. The van der Waals surface area contributed by atoms with Gasteiger partial charge in [-0.15, -0.1) is 0 Å². The molecule has 1 spiro atoms. The number of rotatable bonds is 4. The molecule has 5 heteroatoms. The van der Waals surface area contributed by atoms with Crippen molar-refractivity contribution in [3.8, 4) is 0 Å². The van der Waals surface area contributed by atoms with Crippen molar-refractivity contribution < 1.29 is 18.7 Å². The second-order valence-corrected chi connectivity index (χ2v) is 5.62. The highest BCUT2D eigenvalue weighted by molar-refractivity contribution is 5.91. The van der Waals surface area contributed by atoms with E-state index in [0.29, 0.717) is 18.9 Å². The lowest BCUT2D eigenvalue weighted by atomic mass is 9.94. The maximum absolute atomic E-state index is 11.7. The fraction of sp³-hybridized carbons (Fsp3) is 0.562. The highest BCUT2D eigenvalue weighted by Gasteiger charge is 2.42. The molecule has 1 atom stereocenters. The minimum atomic E-state index is -0.377. The van der Waals surface area contributed by atoms with Crippen LogP contribution in [0.25, 0.3) is 6.08 Å². The van der Waals surface area contributed by atoms with Crippen LogP contribution in [0.2, 0.25) is 0 Å². The number of hydrogen-bond acceptors (Lipinski definition) is 4. The monoisotopic (exact) mass is 291 g/mol. The third kappa shape index (κ3) is 3.74. The quantitative estimate of drug-likeness (QED) is 0.866. The SMILES string of the molecule is O=C(/C=C/c1ccco1)NC[C@@H]1COC2(CCCCC2)O1. The van der Waals surface area contributed by atoms with Crippen molar-refractivity contribution in [2.45, 2.75) is 44.0 Å². The molecule has 2 heterocycles. The van der Waals surface area contributed by atoms with Crippen molar-refractivity contribution in [1.82, 2.24) is 5.32 Å². The van der Waals surface area contributed by atoms with Crippen LogP contribution in [-0.2, 0) is 14.3 Å². The standard InChI is InChI=1S/C16H21NO4/c18-15(7-6-13-5-4-10-19-13)17-11-14-12-20-16(21-14)8-2-1-3-9-16/h4-7,10,14H,1-3,8-9,11-12H2,(H,17,18)/b7-6+/t14-/m1/s1. The van der Waals surface area contributed by atoms with E-state index in [0.717, 1.165) is 25.7 Å². The Bertz CT molecular complexity index is 488. The summed E-state index contributed by atoms with van der Waals surface area (Å²) in [5, 5.41) is 2.84. The maximum Gasteiger partial charge on any atom is 0.244 e. The van der Waals surface area contributed by atoms with Gasteiger partial charge in [-0.2, -0.15) is 0 Å². The van der Waals surface area contributed by atoms with Crippen molar-refractivity contribution in [1.29, 1.82) is 0 Å². The number of ether oxygens (including phenoxy) is 2. The molecule has 1 N–H and O–H groups in total. The molecule has 1 saturated heterocycles. The predicted octanol–water partition coefficient (Wildman–Crippen LogP) is 2.48. The van der Waals surface area contributed by atoms with E-state index >= 15 is 0 Å². The molecule has 3 rings (SSSR count). The third-order valence-corrected chi connectivity index (χ3v) is 3.98. The lowest BCUT2D eigenvalue weighted by Gasteiger charge is -2.31. The summed E-state index contributed by atoms with van der Waals surface area (Å²) in [6.07, 6.45) is 10.1. The van der Waals surface area contributed by atoms with Gasteiger partial charge in [0.1, 0.15) is 11.9 Å². The lowest BCUT2D eigenvalue weighted by molar-refractivity contribution is -0.186. The van der Waals surface area contributed by atoms with Crippen LogP contribution in [0.1, 0.15) is 37.9 Å². The van der Waals surface area contributed by atoms with Gasteiger partial charge in [-0.1, -0.05) is 6.42 Å². The van der Waals surface area contributed by atoms with E-state index < -0.39 is 0 Å². The third-order valence-electron chi connectivity index (χ3n) is 3.98. The number of amides is 1. The molecule has 1 saturated carbocycles. The smallest absolute Gasteiger partial charge is 0.244 e. The van der Waals surface area contributed by atoms with E-state index in [2.05, 4.69) is 5.32 Å². The van der Waals surface area contributed by atoms with E-state index in [9.17, 15) is 4.79 Å². The van der Waals surface area contributed by atoms with E-state index in [1.54, 1.807) is 24.5 Å². The molecular formula is C16H21NO4. The second kappa shape index (κ2) is 6.45. The predicted molar refractivity (Wildman–Crippen MR) is 77.4 cm³/mol. The van der Waals surface area contributed by atoms with Gasteiger partial charge in [0.05, 0.1) is 12.9 Å². The van der Waals surface area contributed by atoms with Gasteiger partial charge in [0.15, 0.2) is 5.79 Å². The number of carbonyl (C=O) groups is 1. The van der Waals surface area contributed by atoms with Crippen molar-refractivity contribution >= 4 is 12.0 Å². The zero-order chi connectivity index (χ0) is 14.5. The van der Waals surface area contributed by atoms with Crippen LogP contribution in [0.15, 0.2) is 28.9 Å². The Balaban J connectivity index is 1.42. The average Bonchev–Trinajstić information content (AvgIpc) is 3.14. The van der Waals surface area contributed by atoms with Gasteiger partial charge in [-0.25, -0.2) is 0 Å². The zero-order valence-electron chi connectivity index (χ0n) is 12.0. The molecule has 0 unspecified atom stereocenters. The number of hydrogen-bond donors (Lipinski definition) is 1. The van der Waals surface area contributed by atoms with Crippen LogP contribution < -0.4 is 5.32 Å². The summed E-state index contributed by atoms with van der Waals surface area (Å²) in [5.41, 5.74) is 0. The molecule has 0 bridgehead atoms. The van der Waals surface area contributed by atoms with Gasteiger partial charge in [-0.3, -0.25) is 4.79 Å². The van der Waals surface area contributed by atoms with E-state index in [4.69, 9.17) is 13.9 Å². The number of furan rings is 1. The summed E-state index contributed by atoms with van der Waals surface area (Å²) < 4.78 is 17.0. The van der Waals surface area contributed by atoms with Gasteiger partial charge >= 0.3 is 0 Å². The minimum Gasteiger partial charge on any atom is -0.465 e. The Kier molecular flexibility index (Phi) is 4.41. The van der Waals surface area contributed by atoms with Gasteiger partial charge in [0.25, 0.3) is 0 Å². The Morgan fingerprint density at radius 3 is 3.00 bits per heavy atom. The molecule has 0 aromatic carbocycles. The van der Waals surface area contributed by atoms with Gasteiger partial charge in [-0.05, 0) is 31.1 Å². The summed E-state index contributed by atoms with van der Waals surface area (Å²) in [7, 11) is 0. The topological polar surface area (TPSA) is 60.7 Å². The van der Waals surface area contributed by atoms with Crippen LogP contribution in [0.3, 0.4) is 0 Å². The Hall–Kier alpha value is -1.59. The Morgan fingerprint density at radius 1 is 1.38 bits per heavy atom. The number of nitrogens with one attached hydrogen (secondary N) is 1. The van der Waals surface area contributed by atoms with Gasteiger partial charge in [0, 0.05) is 25.5 Å². The van der Waals surface area contributed by atoms with Crippen LogP contribution in [0, 0.1) is 0 Å². The Morgan fingerprint density at radius 2 is 2.24 bits per heavy atom. The lowest BCUT2D eigenvalue weighted by Crippen LogP contribution is -2.36. The molecular weight excluding hydrogens is 270 g/mol. The van der Waals surface area contributed by atoms with Crippen LogP contribution >= 0.6 is 0 Å². The molecule has 1 aromatic heterocycles. The second-order valence-electron chi connectivity index (χ2n) is 5.62. The van der Waals surface area contributed by atoms with Gasteiger partial charge < -0.3 is 19.2 Å². The van der Waals surface area contributed by atoms with Crippen LogP contribution in [-0.4, -0.2) is 30.9 Å². The molecule has 1 aliphatic heterocycles. The highest BCUT2D eigenvalue weighted by atomic mass is 16.7. The van der Waals surface area contributed by atoms with E-state index in [-0.39, 0.29) is 17.8 Å². The summed E-state index contributed by atoms with van der Waals surface area (Å²) in [6, 6.07) is 3.58.